The van der Waals surface area contributed by atoms with E-state index in [0.29, 0.717) is 43.7 Å². The van der Waals surface area contributed by atoms with Gasteiger partial charge < -0.3 is 20.0 Å². The van der Waals surface area contributed by atoms with Crippen LogP contribution in [0.1, 0.15) is 65.6 Å². The number of Topliss-reactive ketones (excluding diaryl/α,β-unsaturated/α-hetero) is 1. The molecule has 3 rings (SSSR count). The van der Waals surface area contributed by atoms with E-state index in [1.807, 2.05) is 51.3 Å². The average Bonchev–Trinajstić information content (AvgIpc) is 3.45. The second-order valence-corrected chi connectivity index (χ2v) is 7.57. The molecule has 2 aromatic heterocycles. The molecule has 7 heteroatoms. The number of hydrogen-bond donors (Lipinski definition) is 3. The van der Waals surface area contributed by atoms with Gasteiger partial charge in [-0.15, -0.1) is 0 Å². The van der Waals surface area contributed by atoms with E-state index >= 15 is 0 Å². The Morgan fingerprint density at radius 3 is 2.68 bits per heavy atom. The molecule has 164 valence electrons. The van der Waals surface area contributed by atoms with Crippen LogP contribution in [0.3, 0.4) is 0 Å². The Morgan fingerprint density at radius 1 is 1.23 bits per heavy atom. The van der Waals surface area contributed by atoms with Crippen LogP contribution in [0.5, 0.6) is 0 Å². The monoisotopic (exact) mass is 422 g/mol. The molecule has 0 unspecified atom stereocenters. The highest BCUT2D eigenvalue weighted by Crippen LogP contribution is 2.28. The normalized spacial score (nSPS) is 14.5. The largest absolute Gasteiger partial charge is 0.494 e. The number of aryl methyl sites for hydroxylation is 1. The highest BCUT2D eigenvalue weighted by molar-refractivity contribution is 6.11. The number of carbonyl (C=O) groups is 2. The van der Waals surface area contributed by atoms with E-state index in [1.54, 1.807) is 7.11 Å². The van der Waals surface area contributed by atoms with Crippen molar-refractivity contribution in [2.45, 2.75) is 46.5 Å². The molecule has 0 bridgehead atoms. The van der Waals surface area contributed by atoms with Crippen molar-refractivity contribution in [2.24, 2.45) is 4.99 Å². The number of nitrogens with zero attached hydrogens (tertiary/aromatic N) is 1. The maximum absolute atomic E-state index is 12.8. The molecule has 0 atom stereocenters. The zero-order valence-corrected chi connectivity index (χ0v) is 18.6. The van der Waals surface area contributed by atoms with Crippen LogP contribution in [0.25, 0.3) is 6.08 Å². The minimum absolute atomic E-state index is 0.0377. The van der Waals surface area contributed by atoms with Gasteiger partial charge in [-0.1, -0.05) is 0 Å². The molecule has 1 aliphatic rings. The number of ether oxygens (including phenoxy) is 1. The molecule has 31 heavy (non-hydrogen) atoms. The van der Waals surface area contributed by atoms with Crippen LogP contribution < -0.4 is 5.32 Å². The van der Waals surface area contributed by atoms with Crippen LogP contribution in [0.4, 0.5) is 0 Å². The van der Waals surface area contributed by atoms with Crippen molar-refractivity contribution in [1.82, 2.24) is 15.3 Å². The topological polar surface area (TPSA) is 99.3 Å². The molecule has 0 saturated carbocycles. The third-order valence-corrected chi connectivity index (χ3v) is 5.32. The van der Waals surface area contributed by atoms with Crippen LogP contribution in [-0.2, 0) is 9.53 Å². The maximum Gasteiger partial charge on any atom is 0.219 e. The molecule has 0 fully saturated rings. The Labute approximate surface area is 182 Å². The quantitative estimate of drug-likeness (QED) is 0.395. The molecule has 2 aromatic rings. The molecule has 0 aliphatic carbocycles. The lowest BCUT2D eigenvalue weighted by atomic mass is 10.0. The van der Waals surface area contributed by atoms with Gasteiger partial charge in [-0.25, -0.2) is 4.99 Å². The van der Waals surface area contributed by atoms with Crippen molar-refractivity contribution in [3.05, 3.63) is 64.1 Å². The first kappa shape index (κ1) is 22.3. The first-order valence-electron chi connectivity index (χ1n) is 10.6. The van der Waals surface area contributed by atoms with Gasteiger partial charge in [-0.2, -0.15) is 0 Å². The number of amides is 1. The van der Waals surface area contributed by atoms with Crippen molar-refractivity contribution in [1.29, 1.82) is 0 Å². The van der Waals surface area contributed by atoms with Crippen LogP contribution in [0.2, 0.25) is 0 Å². The summed E-state index contributed by atoms with van der Waals surface area (Å²) >= 11 is 0. The summed E-state index contributed by atoms with van der Waals surface area (Å²) in [6.45, 7) is 6.38. The van der Waals surface area contributed by atoms with Gasteiger partial charge in [-0.05, 0) is 57.4 Å². The van der Waals surface area contributed by atoms with Gasteiger partial charge in [0, 0.05) is 48.6 Å². The van der Waals surface area contributed by atoms with Crippen LogP contribution in [0, 0.1) is 13.8 Å². The highest BCUT2D eigenvalue weighted by Gasteiger charge is 2.21. The van der Waals surface area contributed by atoms with Crippen LogP contribution in [-0.4, -0.2) is 41.0 Å². The van der Waals surface area contributed by atoms with Gasteiger partial charge in [0.2, 0.25) is 5.91 Å². The number of unbranched alkanes of at least 4 members (excludes halogenated alkanes) is 1. The molecule has 1 amide bonds. The number of aliphatic imine (C=N–C) groups is 1. The summed E-state index contributed by atoms with van der Waals surface area (Å²) in [6.07, 6.45) is 7.94. The summed E-state index contributed by atoms with van der Waals surface area (Å²) in [4.78, 5) is 35.5. The van der Waals surface area contributed by atoms with Gasteiger partial charge in [0.1, 0.15) is 11.5 Å². The van der Waals surface area contributed by atoms with Crippen LogP contribution in [0.15, 0.2) is 40.9 Å². The van der Waals surface area contributed by atoms with Crippen molar-refractivity contribution >= 4 is 23.5 Å². The van der Waals surface area contributed by atoms with Gasteiger partial charge in [0.15, 0.2) is 5.78 Å². The number of rotatable bonds is 10. The molecule has 3 N–H and O–H groups in total. The molecular formula is C24H30N4O3. The minimum atomic E-state index is 0.0377. The SMILES string of the molecule is CCNC(=O)CCCCC(=O)c1c(C)[nH]c(/C=C2\N=C(c3ccc[nH]3)C=C2OC)c1C. The van der Waals surface area contributed by atoms with Crippen molar-refractivity contribution in [3.63, 3.8) is 0 Å². The predicted octanol–water partition coefficient (Wildman–Crippen LogP) is 4.21. The fourth-order valence-corrected chi connectivity index (χ4v) is 3.76. The Bertz CT molecular complexity index is 1040. The minimum Gasteiger partial charge on any atom is -0.494 e. The number of carbonyl (C=O) groups excluding carboxylic acids is 2. The van der Waals surface area contributed by atoms with E-state index in [9.17, 15) is 9.59 Å². The van der Waals surface area contributed by atoms with Gasteiger partial charge in [0.25, 0.3) is 0 Å². The summed E-state index contributed by atoms with van der Waals surface area (Å²) in [5.74, 6) is 0.807. The van der Waals surface area contributed by atoms with E-state index in [-0.39, 0.29) is 11.7 Å². The average molecular weight is 423 g/mol. The lowest BCUT2D eigenvalue weighted by Crippen LogP contribution is -2.22. The third kappa shape index (κ3) is 5.23. The Balaban J connectivity index is 1.73. The van der Waals surface area contributed by atoms with Gasteiger partial charge >= 0.3 is 0 Å². The van der Waals surface area contributed by atoms with Crippen molar-refractivity contribution in [2.75, 3.05) is 13.7 Å². The van der Waals surface area contributed by atoms with E-state index in [0.717, 1.165) is 33.9 Å². The fourth-order valence-electron chi connectivity index (χ4n) is 3.76. The molecule has 7 nitrogen and oxygen atoms in total. The lowest BCUT2D eigenvalue weighted by molar-refractivity contribution is -0.121. The number of hydrogen-bond acceptors (Lipinski definition) is 4. The van der Waals surface area contributed by atoms with Gasteiger partial charge in [-0.3, -0.25) is 9.59 Å². The first-order valence-corrected chi connectivity index (χ1v) is 10.6. The molecule has 0 aromatic carbocycles. The number of aromatic amines is 2. The lowest BCUT2D eigenvalue weighted by Gasteiger charge is -2.04. The Hall–Kier alpha value is -3.35. The maximum atomic E-state index is 12.8. The zero-order chi connectivity index (χ0) is 22.4. The Morgan fingerprint density at radius 2 is 2.00 bits per heavy atom. The number of nitrogens with one attached hydrogen (secondary N) is 3. The third-order valence-electron chi connectivity index (χ3n) is 5.32. The zero-order valence-electron chi connectivity index (χ0n) is 18.6. The summed E-state index contributed by atoms with van der Waals surface area (Å²) in [7, 11) is 1.62. The fraction of sp³-hybridized carbons (Fsp3) is 0.375. The smallest absolute Gasteiger partial charge is 0.219 e. The van der Waals surface area contributed by atoms with E-state index in [2.05, 4.69) is 20.3 Å². The van der Waals surface area contributed by atoms with Crippen molar-refractivity contribution in [3.8, 4) is 0 Å². The Kier molecular flexibility index (Phi) is 7.28. The van der Waals surface area contributed by atoms with Gasteiger partial charge in [0.05, 0.1) is 18.5 Å². The second-order valence-electron chi connectivity index (χ2n) is 7.57. The number of ketones is 1. The second kappa shape index (κ2) is 10.1. The van der Waals surface area contributed by atoms with E-state index in [1.165, 1.54) is 0 Å². The molecule has 3 heterocycles. The summed E-state index contributed by atoms with van der Waals surface area (Å²) in [5.41, 5.74) is 5.73. The van der Waals surface area contributed by atoms with Crippen LogP contribution >= 0.6 is 0 Å². The number of aromatic nitrogens is 2. The number of H-pyrrole nitrogens is 2. The summed E-state index contributed by atoms with van der Waals surface area (Å²) in [5, 5.41) is 2.78. The molecule has 0 saturated heterocycles. The molecular weight excluding hydrogens is 392 g/mol. The first-order chi connectivity index (χ1) is 14.9. The predicted molar refractivity (Wildman–Crippen MR) is 122 cm³/mol. The standard InChI is InChI=1S/C24H30N4O3/c1-5-25-23(30)11-7-6-10-21(29)24-15(2)18(27-16(24)3)13-20-22(31-4)14-19(28-20)17-9-8-12-26-17/h8-9,12-14,26-27H,5-7,10-11H2,1-4H3,(H,25,30)/b20-13-. The number of methoxy groups -OCH3 is 1. The molecule has 1 aliphatic heterocycles. The summed E-state index contributed by atoms with van der Waals surface area (Å²) in [6, 6.07) is 3.88. The molecule has 0 radical (unpaired) electrons. The summed E-state index contributed by atoms with van der Waals surface area (Å²) < 4.78 is 5.50. The number of allylic oxidation sites excluding steroid dienone is 1. The van der Waals surface area contributed by atoms with Crippen molar-refractivity contribution < 1.29 is 14.3 Å². The molecule has 0 spiro atoms. The highest BCUT2D eigenvalue weighted by atomic mass is 16.5. The van der Waals surface area contributed by atoms with E-state index in [4.69, 9.17) is 4.74 Å². The van der Waals surface area contributed by atoms with E-state index < -0.39 is 0 Å².